The summed E-state index contributed by atoms with van der Waals surface area (Å²) < 4.78 is 0. The molecule has 0 aliphatic rings. The Morgan fingerprint density at radius 2 is 2.38 bits per heavy atom. The first-order valence-electron chi connectivity index (χ1n) is 4.91. The Balaban J connectivity index is 2.19. The van der Waals surface area contributed by atoms with Crippen LogP contribution in [-0.4, -0.2) is 15.0 Å². The maximum Gasteiger partial charge on any atom is 0.128 e. The second-order valence-corrected chi connectivity index (χ2v) is 3.37. The summed E-state index contributed by atoms with van der Waals surface area (Å²) in [5.41, 5.74) is 1.29. The lowest BCUT2D eigenvalue weighted by atomic mass is 10.2. The maximum atomic E-state index is 8.92. The first-order valence-corrected chi connectivity index (χ1v) is 4.91. The molecule has 1 unspecified atom stereocenters. The number of pyridine rings is 1. The molecular formula is C11H11N5. The van der Waals surface area contributed by atoms with Gasteiger partial charge in [-0.25, -0.2) is 4.98 Å². The van der Waals surface area contributed by atoms with Gasteiger partial charge in [0.15, 0.2) is 0 Å². The van der Waals surface area contributed by atoms with Gasteiger partial charge in [0.1, 0.15) is 11.9 Å². The van der Waals surface area contributed by atoms with Crippen LogP contribution in [0.1, 0.15) is 24.4 Å². The third kappa shape index (κ3) is 2.01. The molecule has 0 spiro atoms. The zero-order valence-electron chi connectivity index (χ0n) is 8.81. The number of H-pyrrole nitrogens is 1. The molecule has 5 nitrogen and oxygen atoms in total. The minimum atomic E-state index is 0.00583. The third-order valence-corrected chi connectivity index (χ3v) is 2.24. The van der Waals surface area contributed by atoms with Gasteiger partial charge in [-0.05, 0) is 13.0 Å². The molecular weight excluding hydrogens is 202 g/mol. The van der Waals surface area contributed by atoms with Gasteiger partial charge in [0.05, 0.1) is 23.5 Å². The summed E-state index contributed by atoms with van der Waals surface area (Å²) in [7, 11) is 0. The number of hydrogen-bond acceptors (Lipinski definition) is 4. The Labute approximate surface area is 93.2 Å². The van der Waals surface area contributed by atoms with Gasteiger partial charge in [0.25, 0.3) is 0 Å². The smallest absolute Gasteiger partial charge is 0.128 e. The largest absolute Gasteiger partial charge is 0.373 e. The molecule has 0 saturated heterocycles. The molecule has 0 aliphatic carbocycles. The van der Waals surface area contributed by atoms with Crippen LogP contribution >= 0.6 is 0 Å². The summed E-state index contributed by atoms with van der Waals surface area (Å²) in [6, 6.07) is 3.80. The molecule has 0 fully saturated rings. The van der Waals surface area contributed by atoms with Crippen LogP contribution in [-0.2, 0) is 0 Å². The number of nitriles is 1. The quantitative estimate of drug-likeness (QED) is 0.815. The average molecular weight is 213 g/mol. The number of hydrogen-bond donors (Lipinski definition) is 2. The summed E-state index contributed by atoms with van der Waals surface area (Å²) >= 11 is 0. The Morgan fingerprint density at radius 1 is 1.50 bits per heavy atom. The van der Waals surface area contributed by atoms with Gasteiger partial charge in [-0.2, -0.15) is 5.26 Å². The van der Waals surface area contributed by atoms with Crippen molar-refractivity contribution in [3.63, 3.8) is 0 Å². The number of nitrogens with zero attached hydrogens (tertiary/aromatic N) is 3. The van der Waals surface area contributed by atoms with Gasteiger partial charge >= 0.3 is 0 Å². The van der Waals surface area contributed by atoms with E-state index in [-0.39, 0.29) is 6.04 Å². The first kappa shape index (κ1) is 10.2. The normalized spacial score (nSPS) is 11.8. The number of anilines is 1. The molecule has 0 aliphatic heterocycles. The van der Waals surface area contributed by atoms with Crippen molar-refractivity contribution in [3.05, 3.63) is 42.2 Å². The highest BCUT2D eigenvalue weighted by Crippen LogP contribution is 2.18. The molecule has 2 aromatic heterocycles. The van der Waals surface area contributed by atoms with Crippen LogP contribution in [0.2, 0.25) is 0 Å². The van der Waals surface area contributed by atoms with Crippen molar-refractivity contribution in [2.45, 2.75) is 13.0 Å². The summed E-state index contributed by atoms with van der Waals surface area (Å²) in [5.74, 6) is 0.827. The zero-order valence-corrected chi connectivity index (χ0v) is 8.81. The van der Waals surface area contributed by atoms with E-state index < -0.39 is 0 Å². The van der Waals surface area contributed by atoms with Crippen molar-refractivity contribution in [2.24, 2.45) is 0 Å². The number of nitrogens with one attached hydrogen (secondary N) is 2. The highest BCUT2D eigenvalue weighted by molar-refractivity contribution is 5.56. The monoisotopic (exact) mass is 213 g/mol. The molecule has 1 atom stereocenters. The Bertz CT molecular complexity index is 497. The lowest BCUT2D eigenvalue weighted by molar-refractivity contribution is 0.808. The van der Waals surface area contributed by atoms with E-state index in [2.05, 4.69) is 26.3 Å². The molecule has 80 valence electrons. The topological polar surface area (TPSA) is 77.4 Å². The molecule has 2 rings (SSSR count). The number of imidazole rings is 1. The van der Waals surface area contributed by atoms with E-state index in [4.69, 9.17) is 5.26 Å². The van der Waals surface area contributed by atoms with Crippen LogP contribution in [0.3, 0.4) is 0 Å². The van der Waals surface area contributed by atoms with Crippen LogP contribution in [0, 0.1) is 11.3 Å². The zero-order chi connectivity index (χ0) is 11.4. The van der Waals surface area contributed by atoms with Crippen LogP contribution in [0.4, 0.5) is 5.69 Å². The van der Waals surface area contributed by atoms with Crippen LogP contribution in [0.25, 0.3) is 0 Å². The molecule has 0 radical (unpaired) electrons. The van der Waals surface area contributed by atoms with Gasteiger partial charge in [-0.3, -0.25) is 4.98 Å². The second-order valence-electron chi connectivity index (χ2n) is 3.37. The number of aromatic amines is 1. The molecule has 0 saturated carbocycles. The summed E-state index contributed by atoms with van der Waals surface area (Å²) in [6.45, 7) is 1.97. The van der Waals surface area contributed by atoms with Crippen LogP contribution in [0.15, 0.2) is 30.9 Å². The van der Waals surface area contributed by atoms with Crippen molar-refractivity contribution in [3.8, 4) is 6.07 Å². The molecule has 0 bridgehead atoms. The fourth-order valence-electron chi connectivity index (χ4n) is 1.42. The standard InChI is InChI=1S/C11H11N5/c1-8(11-14-4-5-15-11)16-10-7-13-3-2-9(10)6-12/h2-5,7-8,16H,1H3,(H,14,15). The predicted octanol–water partition coefficient (Wildman–Crippen LogP) is 1.85. The number of aromatic nitrogens is 3. The van der Waals surface area contributed by atoms with Gasteiger partial charge in [-0.1, -0.05) is 0 Å². The summed E-state index contributed by atoms with van der Waals surface area (Å²) in [5, 5.41) is 12.1. The molecule has 0 amide bonds. The van der Waals surface area contributed by atoms with Crippen molar-refractivity contribution in [1.29, 1.82) is 5.26 Å². The fourth-order valence-corrected chi connectivity index (χ4v) is 1.42. The van der Waals surface area contributed by atoms with E-state index in [9.17, 15) is 0 Å². The summed E-state index contributed by atoms with van der Waals surface area (Å²) in [4.78, 5) is 11.1. The fraction of sp³-hybridized carbons (Fsp3) is 0.182. The van der Waals surface area contributed by atoms with Crippen molar-refractivity contribution >= 4 is 5.69 Å². The molecule has 16 heavy (non-hydrogen) atoms. The second kappa shape index (κ2) is 4.45. The number of rotatable bonds is 3. The van der Waals surface area contributed by atoms with E-state index in [1.165, 1.54) is 0 Å². The van der Waals surface area contributed by atoms with Crippen LogP contribution < -0.4 is 5.32 Å². The molecule has 0 aromatic carbocycles. The third-order valence-electron chi connectivity index (χ3n) is 2.24. The average Bonchev–Trinajstić information content (AvgIpc) is 2.83. The molecule has 2 heterocycles. The van der Waals surface area contributed by atoms with Gasteiger partial charge in [-0.15, -0.1) is 0 Å². The molecule has 2 aromatic rings. The summed E-state index contributed by atoms with van der Waals surface area (Å²) in [6.07, 6.45) is 6.70. The maximum absolute atomic E-state index is 8.92. The SMILES string of the molecule is CC(Nc1cnccc1C#N)c1ncc[nH]1. The van der Waals surface area contributed by atoms with Gasteiger partial charge < -0.3 is 10.3 Å². The van der Waals surface area contributed by atoms with Gasteiger partial charge in [0, 0.05) is 18.6 Å². The minimum Gasteiger partial charge on any atom is -0.373 e. The highest BCUT2D eigenvalue weighted by Gasteiger charge is 2.09. The predicted molar refractivity (Wildman–Crippen MR) is 59.6 cm³/mol. The van der Waals surface area contributed by atoms with E-state index in [1.807, 2.05) is 6.92 Å². The van der Waals surface area contributed by atoms with E-state index in [0.717, 1.165) is 5.82 Å². The van der Waals surface area contributed by atoms with Gasteiger partial charge in [0.2, 0.25) is 0 Å². The van der Waals surface area contributed by atoms with E-state index in [0.29, 0.717) is 11.3 Å². The first-order chi connectivity index (χ1) is 7.81. The lowest BCUT2D eigenvalue weighted by Crippen LogP contribution is -2.09. The van der Waals surface area contributed by atoms with Crippen molar-refractivity contribution in [2.75, 3.05) is 5.32 Å². The van der Waals surface area contributed by atoms with E-state index >= 15 is 0 Å². The van der Waals surface area contributed by atoms with Crippen molar-refractivity contribution < 1.29 is 0 Å². The van der Waals surface area contributed by atoms with E-state index in [1.54, 1.807) is 30.9 Å². The Morgan fingerprint density at radius 3 is 3.06 bits per heavy atom. The van der Waals surface area contributed by atoms with Crippen LogP contribution in [0.5, 0.6) is 0 Å². The lowest BCUT2D eigenvalue weighted by Gasteiger charge is -2.13. The highest BCUT2D eigenvalue weighted by atomic mass is 15.0. The minimum absolute atomic E-state index is 0.00583. The molecule has 5 heteroatoms. The Hall–Kier alpha value is -2.35. The molecule has 2 N–H and O–H groups in total. The van der Waals surface area contributed by atoms with Crippen molar-refractivity contribution in [1.82, 2.24) is 15.0 Å². The Kier molecular flexibility index (Phi) is 2.83.